The number of fused-ring (bicyclic) bond motifs is 1. The van der Waals surface area contributed by atoms with E-state index in [2.05, 4.69) is 24.3 Å². The molecular weight excluding hydrogens is 496 g/mol. The second kappa shape index (κ2) is 8.40. The molecule has 0 N–H and O–H groups in total. The van der Waals surface area contributed by atoms with Crippen molar-refractivity contribution < 1.29 is 18.9 Å². The molecule has 0 radical (unpaired) electrons. The molecule has 2 aromatic carbocycles. The third kappa shape index (κ3) is 3.84. The summed E-state index contributed by atoms with van der Waals surface area (Å²) < 4.78 is 24.5. The molecule has 2 aliphatic heterocycles. The lowest BCUT2D eigenvalue weighted by molar-refractivity contribution is -0.00667. The van der Waals surface area contributed by atoms with Crippen molar-refractivity contribution in [2.45, 2.75) is 100 Å². The number of hydrogen-bond donors (Lipinski definition) is 0. The lowest BCUT2D eigenvalue weighted by Gasteiger charge is -2.57. The molecule has 8 bridgehead atoms. The first-order valence-corrected chi connectivity index (χ1v) is 16.7. The van der Waals surface area contributed by atoms with Gasteiger partial charge in [0.15, 0.2) is 0 Å². The van der Waals surface area contributed by atoms with E-state index in [1.807, 2.05) is 0 Å². The van der Waals surface area contributed by atoms with Crippen LogP contribution >= 0.6 is 0 Å². The van der Waals surface area contributed by atoms with E-state index in [0.717, 1.165) is 60.2 Å². The number of hydrogen-bond acceptors (Lipinski definition) is 4. The molecule has 2 aromatic rings. The summed E-state index contributed by atoms with van der Waals surface area (Å²) in [4.78, 5) is 0. The van der Waals surface area contributed by atoms with Crippen LogP contribution in [0.3, 0.4) is 0 Å². The maximum atomic E-state index is 6.69. The highest BCUT2D eigenvalue weighted by atomic mass is 16.6. The van der Waals surface area contributed by atoms with Gasteiger partial charge >= 0.3 is 0 Å². The van der Waals surface area contributed by atoms with Gasteiger partial charge in [0.1, 0.15) is 36.9 Å². The summed E-state index contributed by atoms with van der Waals surface area (Å²) in [5, 5.41) is 2.70. The van der Waals surface area contributed by atoms with Crippen LogP contribution in [-0.2, 0) is 20.3 Å². The van der Waals surface area contributed by atoms with Crippen molar-refractivity contribution in [2.24, 2.45) is 35.5 Å². The van der Waals surface area contributed by atoms with E-state index in [4.69, 9.17) is 18.9 Å². The summed E-state index contributed by atoms with van der Waals surface area (Å²) in [6, 6.07) is 9.97. The topological polar surface area (TPSA) is 43.5 Å². The zero-order valence-corrected chi connectivity index (χ0v) is 23.9. The standard InChI is InChI=1S/C36H44O4/c1-21-2-23-3-22(1)12-35(11-21,13-23)31-7-27-10-34(40-20-30-18-38-30)32(8-28(27)9-33(31)39-19-29-17-37-29)36-14-24-4-25(15-36)6-26(5-24)16-36/h7-10,21-26,29-30H,1-6,11-20H2. The smallest absolute Gasteiger partial charge is 0.123 e. The number of epoxide rings is 2. The summed E-state index contributed by atoms with van der Waals surface area (Å²) >= 11 is 0. The highest BCUT2D eigenvalue weighted by molar-refractivity contribution is 5.88. The first kappa shape index (κ1) is 23.7. The Kier molecular flexibility index (Phi) is 4.99. The minimum Gasteiger partial charge on any atom is -0.490 e. The Labute approximate surface area is 238 Å². The summed E-state index contributed by atoms with van der Waals surface area (Å²) in [6.45, 7) is 3.08. The van der Waals surface area contributed by atoms with Crippen LogP contribution in [0.5, 0.6) is 11.5 Å². The number of rotatable bonds is 8. The minimum absolute atomic E-state index is 0.280. The van der Waals surface area contributed by atoms with E-state index in [0.29, 0.717) is 24.0 Å². The van der Waals surface area contributed by atoms with E-state index in [-0.39, 0.29) is 12.2 Å². The molecule has 2 heterocycles. The van der Waals surface area contributed by atoms with Crippen LogP contribution in [0.15, 0.2) is 24.3 Å². The molecular formula is C36H44O4. The van der Waals surface area contributed by atoms with Gasteiger partial charge in [-0.25, -0.2) is 0 Å². The molecule has 10 aliphatic rings. The molecule has 2 saturated heterocycles. The van der Waals surface area contributed by atoms with Crippen molar-refractivity contribution in [3.05, 3.63) is 35.4 Å². The highest BCUT2D eigenvalue weighted by Crippen LogP contribution is 2.64. The van der Waals surface area contributed by atoms with E-state index in [1.165, 1.54) is 98.9 Å². The maximum absolute atomic E-state index is 6.69. The number of ether oxygens (including phenoxy) is 4. The highest BCUT2D eigenvalue weighted by Gasteiger charge is 2.54. The monoisotopic (exact) mass is 540 g/mol. The zero-order chi connectivity index (χ0) is 26.1. The third-order valence-corrected chi connectivity index (χ3v) is 12.9. The second-order valence-corrected chi connectivity index (χ2v) is 16.0. The molecule has 2 atom stereocenters. The molecule has 40 heavy (non-hydrogen) atoms. The second-order valence-electron chi connectivity index (χ2n) is 16.0. The van der Waals surface area contributed by atoms with Crippen LogP contribution < -0.4 is 9.47 Å². The lowest BCUT2D eigenvalue weighted by Crippen LogP contribution is -2.48. The van der Waals surface area contributed by atoms with Crippen molar-refractivity contribution in [1.29, 1.82) is 0 Å². The van der Waals surface area contributed by atoms with Gasteiger partial charge in [0.25, 0.3) is 0 Å². The molecule has 4 heteroatoms. The van der Waals surface area contributed by atoms with Gasteiger partial charge in [0, 0.05) is 11.1 Å². The van der Waals surface area contributed by atoms with Crippen LogP contribution in [0.2, 0.25) is 0 Å². The summed E-state index contributed by atoms with van der Waals surface area (Å²) in [7, 11) is 0. The predicted molar refractivity (Wildman–Crippen MR) is 154 cm³/mol. The Morgan fingerprint density at radius 1 is 0.525 bits per heavy atom. The molecule has 8 saturated carbocycles. The quantitative estimate of drug-likeness (QED) is 0.329. The van der Waals surface area contributed by atoms with E-state index in [9.17, 15) is 0 Å². The van der Waals surface area contributed by atoms with Crippen LogP contribution in [0.4, 0.5) is 0 Å². The molecule has 2 unspecified atom stereocenters. The Hall–Kier alpha value is -1.78. The average molecular weight is 541 g/mol. The van der Waals surface area contributed by atoms with Gasteiger partial charge in [-0.1, -0.05) is 0 Å². The van der Waals surface area contributed by atoms with Crippen LogP contribution in [0.1, 0.15) is 88.2 Å². The van der Waals surface area contributed by atoms with Gasteiger partial charge < -0.3 is 18.9 Å². The molecule has 12 rings (SSSR count). The molecule has 10 fully saturated rings. The van der Waals surface area contributed by atoms with Crippen molar-refractivity contribution in [3.63, 3.8) is 0 Å². The van der Waals surface area contributed by atoms with Gasteiger partial charge in [0.05, 0.1) is 13.2 Å². The lowest BCUT2D eigenvalue weighted by atomic mass is 9.47. The molecule has 8 aliphatic carbocycles. The zero-order valence-electron chi connectivity index (χ0n) is 23.9. The Balaban J connectivity index is 1.11. The van der Waals surface area contributed by atoms with Gasteiger partial charge in [-0.05, 0) is 158 Å². The van der Waals surface area contributed by atoms with Crippen LogP contribution in [-0.4, -0.2) is 38.6 Å². The molecule has 0 aromatic heterocycles. The van der Waals surface area contributed by atoms with Gasteiger partial charge in [0.2, 0.25) is 0 Å². The SMILES string of the molecule is c1c(OCC2CO2)c(C23CC4CC(CC(C4)C2)C3)cc2cc(OCC3CO3)c(C34CC5CC(CC(C5)C3)C4)cc12. The van der Waals surface area contributed by atoms with E-state index in [1.54, 1.807) is 0 Å². The summed E-state index contributed by atoms with van der Waals surface area (Å²) in [5.41, 5.74) is 3.59. The Morgan fingerprint density at radius 2 is 0.850 bits per heavy atom. The van der Waals surface area contributed by atoms with Crippen molar-refractivity contribution in [2.75, 3.05) is 26.4 Å². The van der Waals surface area contributed by atoms with E-state index < -0.39 is 0 Å². The molecule has 212 valence electrons. The number of benzene rings is 2. The largest absolute Gasteiger partial charge is 0.490 e. The first-order chi connectivity index (χ1) is 19.6. The Bertz CT molecular complexity index is 1180. The predicted octanol–water partition coefficient (Wildman–Crippen LogP) is 7.33. The van der Waals surface area contributed by atoms with Crippen LogP contribution in [0, 0.1) is 35.5 Å². The molecule has 0 amide bonds. The fourth-order valence-corrected chi connectivity index (χ4v) is 12.0. The first-order valence-electron chi connectivity index (χ1n) is 16.7. The molecule has 4 nitrogen and oxygen atoms in total. The normalized spacial score (nSPS) is 45.3. The van der Waals surface area contributed by atoms with Crippen LogP contribution in [0.25, 0.3) is 10.8 Å². The van der Waals surface area contributed by atoms with Gasteiger partial charge in [-0.15, -0.1) is 0 Å². The van der Waals surface area contributed by atoms with Gasteiger partial charge in [-0.3, -0.25) is 0 Å². The fraction of sp³-hybridized carbons (Fsp3) is 0.722. The fourth-order valence-electron chi connectivity index (χ4n) is 12.0. The average Bonchev–Trinajstić information content (AvgIpc) is 3.84. The van der Waals surface area contributed by atoms with Gasteiger partial charge in [-0.2, -0.15) is 0 Å². The van der Waals surface area contributed by atoms with Crippen molar-refractivity contribution >= 4 is 10.8 Å². The minimum atomic E-state index is 0.280. The van der Waals surface area contributed by atoms with Crippen molar-refractivity contribution in [1.82, 2.24) is 0 Å². The van der Waals surface area contributed by atoms with Crippen molar-refractivity contribution in [3.8, 4) is 11.5 Å². The third-order valence-electron chi connectivity index (χ3n) is 12.9. The maximum Gasteiger partial charge on any atom is 0.123 e. The Morgan fingerprint density at radius 3 is 1.15 bits per heavy atom. The summed E-state index contributed by atoms with van der Waals surface area (Å²) in [6.07, 6.45) is 17.5. The summed E-state index contributed by atoms with van der Waals surface area (Å²) in [5.74, 6) is 7.79. The molecule has 0 spiro atoms. The van der Waals surface area contributed by atoms with E-state index >= 15 is 0 Å².